The van der Waals surface area contributed by atoms with E-state index < -0.39 is 56.6 Å². The molecular formula is C28H52N7O10P. The van der Waals surface area contributed by atoms with Crippen molar-refractivity contribution in [3.63, 3.8) is 0 Å². The average Bonchev–Trinajstić information content (AvgIpc) is 2.97. The Morgan fingerprint density at radius 1 is 0.957 bits per heavy atom. The van der Waals surface area contributed by atoms with Gasteiger partial charge in [0.15, 0.2) is 11.5 Å². The number of esters is 2. The molecule has 1 heterocycles. The molecule has 0 aliphatic carbocycles. The van der Waals surface area contributed by atoms with Crippen LogP contribution in [0.25, 0.3) is 0 Å². The Morgan fingerprint density at radius 2 is 1.48 bits per heavy atom. The van der Waals surface area contributed by atoms with Gasteiger partial charge >= 0.3 is 19.6 Å². The van der Waals surface area contributed by atoms with Gasteiger partial charge in [-0.05, 0) is 38.5 Å². The van der Waals surface area contributed by atoms with Crippen LogP contribution in [0, 0.1) is 11.8 Å². The monoisotopic (exact) mass is 677 g/mol. The van der Waals surface area contributed by atoms with Crippen molar-refractivity contribution in [2.75, 3.05) is 45.5 Å². The molecule has 46 heavy (non-hydrogen) atoms. The maximum Gasteiger partial charge on any atom is 0.342 e. The van der Waals surface area contributed by atoms with Gasteiger partial charge in [0.05, 0.1) is 33.0 Å². The number of carbonyl (C=O) groups excluding carboxylic acids is 2. The van der Waals surface area contributed by atoms with E-state index in [4.69, 9.17) is 34.9 Å². The molecule has 264 valence electrons. The topological polar surface area (TPSA) is 252 Å². The molecule has 0 radical (unpaired) electrons. The minimum absolute atomic E-state index is 0.00708. The number of nitrogens with two attached hydrogens (primary N) is 2. The Balaban J connectivity index is 3.24. The summed E-state index contributed by atoms with van der Waals surface area (Å²) < 4.78 is 41.0. The smallest absolute Gasteiger partial charge is 0.342 e. The molecule has 0 bridgehead atoms. The van der Waals surface area contributed by atoms with E-state index in [9.17, 15) is 24.4 Å². The SMILES string of the molecule is CCOC(=O)C(CC(C)C)NP(=O)(N[C@H](CC(C)C)C(=O)OCC)OCC(OC)C(O)C(O)C/C=N\c1c(N)nc(N)nc1OC. The molecule has 8 N–H and O–H groups in total. The van der Waals surface area contributed by atoms with E-state index in [0.29, 0.717) is 0 Å². The predicted molar refractivity (Wildman–Crippen MR) is 173 cm³/mol. The van der Waals surface area contributed by atoms with Gasteiger partial charge in [0.1, 0.15) is 24.3 Å². The first-order valence-corrected chi connectivity index (χ1v) is 16.7. The number of anilines is 2. The highest BCUT2D eigenvalue weighted by Gasteiger charge is 2.38. The first-order valence-electron chi connectivity index (χ1n) is 15.1. The van der Waals surface area contributed by atoms with Crippen LogP contribution in [0.3, 0.4) is 0 Å². The van der Waals surface area contributed by atoms with E-state index in [2.05, 4.69) is 25.1 Å². The van der Waals surface area contributed by atoms with Crippen molar-refractivity contribution >= 4 is 43.3 Å². The first-order chi connectivity index (χ1) is 21.6. The molecule has 17 nitrogen and oxygen atoms in total. The Labute approximate surface area is 270 Å². The van der Waals surface area contributed by atoms with Crippen LogP contribution < -0.4 is 26.4 Å². The van der Waals surface area contributed by atoms with Gasteiger partial charge < -0.3 is 45.2 Å². The van der Waals surface area contributed by atoms with E-state index >= 15 is 0 Å². The lowest BCUT2D eigenvalue weighted by Crippen LogP contribution is -2.47. The fourth-order valence-corrected chi connectivity index (χ4v) is 6.03. The van der Waals surface area contributed by atoms with Crippen LogP contribution in [0.1, 0.15) is 60.8 Å². The van der Waals surface area contributed by atoms with Crippen LogP contribution >= 0.6 is 7.67 Å². The number of methoxy groups -OCH3 is 2. The lowest BCUT2D eigenvalue weighted by Gasteiger charge is -2.31. The Morgan fingerprint density at radius 3 is 1.91 bits per heavy atom. The summed E-state index contributed by atoms with van der Waals surface area (Å²) in [6.07, 6.45) is -2.62. The van der Waals surface area contributed by atoms with Gasteiger partial charge in [-0.3, -0.25) is 19.1 Å². The Hall–Kier alpha value is -2.92. The number of ether oxygens (including phenoxy) is 4. The van der Waals surface area contributed by atoms with Crippen molar-refractivity contribution in [2.45, 2.75) is 91.2 Å². The van der Waals surface area contributed by atoms with Gasteiger partial charge in [0.2, 0.25) is 11.8 Å². The highest BCUT2D eigenvalue weighted by Crippen LogP contribution is 2.41. The molecule has 6 atom stereocenters. The Bertz CT molecular complexity index is 1140. The minimum Gasteiger partial charge on any atom is -0.479 e. The molecule has 1 rings (SSSR count). The molecule has 0 aliphatic rings. The fraction of sp³-hybridized carbons (Fsp3) is 0.750. The molecule has 0 spiro atoms. The third-order valence-electron chi connectivity index (χ3n) is 6.36. The largest absolute Gasteiger partial charge is 0.479 e. The molecule has 18 heteroatoms. The zero-order valence-corrected chi connectivity index (χ0v) is 28.9. The third kappa shape index (κ3) is 13.8. The molecule has 0 amide bonds. The van der Waals surface area contributed by atoms with Crippen molar-refractivity contribution in [3.8, 4) is 5.88 Å². The summed E-state index contributed by atoms with van der Waals surface area (Å²) in [5.41, 5.74) is 11.5. The van der Waals surface area contributed by atoms with Crippen LogP contribution in [-0.4, -0.2) is 103 Å². The van der Waals surface area contributed by atoms with E-state index in [1.54, 1.807) is 13.8 Å². The lowest BCUT2D eigenvalue weighted by atomic mass is 10.1. The zero-order chi connectivity index (χ0) is 35.0. The number of carbonyl (C=O) groups is 2. The summed E-state index contributed by atoms with van der Waals surface area (Å²) in [5, 5.41) is 27.1. The molecule has 5 unspecified atom stereocenters. The molecule has 1 aromatic heterocycles. The number of nitrogens with zero attached hydrogens (tertiary/aromatic N) is 3. The maximum absolute atomic E-state index is 14.3. The van der Waals surface area contributed by atoms with Crippen LogP contribution in [-0.2, 0) is 32.9 Å². The summed E-state index contributed by atoms with van der Waals surface area (Å²) in [5.74, 6) is -1.46. The van der Waals surface area contributed by atoms with E-state index in [1.165, 1.54) is 20.4 Å². The van der Waals surface area contributed by atoms with Gasteiger partial charge in [-0.15, -0.1) is 0 Å². The first kappa shape index (κ1) is 41.1. The quantitative estimate of drug-likeness (QED) is 0.0580. The van der Waals surface area contributed by atoms with Gasteiger partial charge in [0, 0.05) is 19.7 Å². The molecule has 0 saturated carbocycles. The Kier molecular flexibility index (Phi) is 18.2. The van der Waals surface area contributed by atoms with Gasteiger partial charge in [-0.1, -0.05) is 27.7 Å². The fourth-order valence-electron chi connectivity index (χ4n) is 4.21. The summed E-state index contributed by atoms with van der Waals surface area (Å²) in [7, 11) is -1.66. The molecule has 0 saturated heterocycles. The number of hydrogen-bond acceptors (Lipinski definition) is 15. The van der Waals surface area contributed by atoms with Crippen molar-refractivity contribution in [1.29, 1.82) is 0 Å². The number of nitrogen functional groups attached to an aromatic ring is 2. The molecular weight excluding hydrogens is 625 g/mol. The van der Waals surface area contributed by atoms with E-state index in [-0.39, 0.29) is 67.6 Å². The molecule has 0 fully saturated rings. The number of aliphatic hydroxyl groups is 2. The van der Waals surface area contributed by atoms with Crippen LogP contribution in [0.15, 0.2) is 4.99 Å². The second kappa shape index (κ2) is 20.3. The lowest BCUT2D eigenvalue weighted by molar-refractivity contribution is -0.146. The van der Waals surface area contributed by atoms with Crippen LogP contribution in [0.2, 0.25) is 0 Å². The van der Waals surface area contributed by atoms with Crippen molar-refractivity contribution in [2.24, 2.45) is 16.8 Å². The summed E-state index contributed by atoms with van der Waals surface area (Å²) in [4.78, 5) is 37.5. The summed E-state index contributed by atoms with van der Waals surface area (Å²) in [6.45, 7) is 10.5. The average molecular weight is 678 g/mol. The number of aliphatic hydroxyl groups excluding tert-OH is 2. The number of hydrogen-bond donors (Lipinski definition) is 6. The zero-order valence-electron chi connectivity index (χ0n) is 28.0. The normalized spacial score (nSPS) is 16.5. The van der Waals surface area contributed by atoms with Crippen molar-refractivity contribution < 1.29 is 47.8 Å². The number of aliphatic imine (C=N–C) groups is 1. The summed E-state index contributed by atoms with van der Waals surface area (Å²) in [6, 6.07) is -2.12. The molecule has 1 aromatic rings. The highest BCUT2D eigenvalue weighted by molar-refractivity contribution is 7.54. The van der Waals surface area contributed by atoms with Crippen LogP contribution in [0.5, 0.6) is 5.88 Å². The van der Waals surface area contributed by atoms with Crippen LogP contribution in [0.4, 0.5) is 17.5 Å². The minimum atomic E-state index is -4.27. The van der Waals surface area contributed by atoms with Gasteiger partial charge in [-0.25, -0.2) is 10.2 Å². The summed E-state index contributed by atoms with van der Waals surface area (Å²) >= 11 is 0. The van der Waals surface area contributed by atoms with Gasteiger partial charge in [-0.2, -0.15) is 9.97 Å². The number of aromatic nitrogens is 2. The number of nitrogens with one attached hydrogen (secondary N) is 2. The van der Waals surface area contributed by atoms with Gasteiger partial charge in [0.25, 0.3) is 0 Å². The highest BCUT2D eigenvalue weighted by atomic mass is 31.2. The van der Waals surface area contributed by atoms with Crippen molar-refractivity contribution in [1.82, 2.24) is 20.1 Å². The third-order valence-corrected chi connectivity index (χ3v) is 8.18. The van der Waals surface area contributed by atoms with E-state index in [0.717, 1.165) is 0 Å². The second-order valence-electron chi connectivity index (χ2n) is 11.2. The maximum atomic E-state index is 14.3. The molecule has 0 aliphatic heterocycles. The van der Waals surface area contributed by atoms with Crippen molar-refractivity contribution in [3.05, 3.63) is 0 Å². The second-order valence-corrected chi connectivity index (χ2v) is 13.1. The molecule has 0 aromatic carbocycles. The number of rotatable bonds is 22. The standard InChI is InChI=1S/C28H52N7O10P/c1-9-43-26(38)18(13-16(3)4)34-46(40,35-19(14-17(5)6)27(39)44-10-2)45-15-21(41-7)23(37)20(36)11-12-31-22-24(29)32-28(30)33-25(22)42-8/h12,16-21,23,36-37H,9-11,13-15H2,1-8H3,(H2,34,35,40)(H4,29,30,32,33)/b31-12-/t18-,19?,20?,21?,23?,46?/m1/s1. The van der Waals surface area contributed by atoms with E-state index in [1.807, 2.05) is 27.7 Å². The predicted octanol–water partition coefficient (Wildman–Crippen LogP) is 1.74.